The molecule has 0 aromatic heterocycles. The number of aryl methyl sites for hydroxylation is 1. The predicted octanol–water partition coefficient (Wildman–Crippen LogP) is 6.67. The van der Waals surface area contributed by atoms with Gasteiger partial charge in [0.2, 0.25) is 0 Å². The molecule has 0 aliphatic heterocycles. The standard InChI is InChI=1S/C31H34ClNO7/c1-31(2,3)40-30(37)33(18-27(34)20-5-9-22(32)10-6-20)23-11-7-19-8-12-24(16-21(19)15-23)39-25-13-14-26(29(35)36)28(17-25)38-4/h5-6,8-10,12-14,16-17,23,27,34H,7,11,15,18H2,1-4H3,(H,35,36)/t23-,27+/m0/s1. The fourth-order valence-electron chi connectivity index (χ4n) is 4.76. The Kier molecular flexibility index (Phi) is 8.91. The van der Waals surface area contributed by atoms with E-state index in [9.17, 15) is 19.8 Å². The molecular formula is C31H34ClNO7. The van der Waals surface area contributed by atoms with Crippen LogP contribution in [0.2, 0.25) is 5.02 Å². The molecule has 9 heteroatoms. The maximum atomic E-state index is 13.3. The number of hydrogen-bond acceptors (Lipinski definition) is 6. The van der Waals surface area contributed by atoms with E-state index in [0.29, 0.717) is 34.9 Å². The lowest BCUT2D eigenvalue weighted by atomic mass is 9.87. The van der Waals surface area contributed by atoms with Gasteiger partial charge < -0.3 is 29.3 Å². The molecule has 0 bridgehead atoms. The Morgan fingerprint density at radius 2 is 1.70 bits per heavy atom. The third-order valence-corrected chi connectivity index (χ3v) is 6.96. The molecule has 3 aromatic carbocycles. The molecule has 2 N–H and O–H groups in total. The number of fused-ring (bicyclic) bond motifs is 1. The summed E-state index contributed by atoms with van der Waals surface area (Å²) in [5, 5.41) is 20.9. The number of benzene rings is 3. The fraction of sp³-hybridized carbons (Fsp3) is 0.355. The minimum Gasteiger partial charge on any atom is -0.496 e. The lowest BCUT2D eigenvalue weighted by Gasteiger charge is -2.37. The molecular weight excluding hydrogens is 534 g/mol. The Labute approximate surface area is 239 Å². The van der Waals surface area contributed by atoms with Gasteiger partial charge in [-0.3, -0.25) is 0 Å². The summed E-state index contributed by atoms with van der Waals surface area (Å²) in [5.74, 6) is 0.138. The first-order valence-corrected chi connectivity index (χ1v) is 13.5. The van der Waals surface area contributed by atoms with Crippen molar-refractivity contribution in [1.29, 1.82) is 0 Å². The Balaban J connectivity index is 1.55. The molecule has 4 rings (SSSR count). The number of carbonyl (C=O) groups excluding carboxylic acids is 1. The van der Waals surface area contributed by atoms with Gasteiger partial charge in [0.15, 0.2) is 0 Å². The van der Waals surface area contributed by atoms with Gasteiger partial charge in [-0.2, -0.15) is 0 Å². The average Bonchev–Trinajstić information content (AvgIpc) is 2.90. The smallest absolute Gasteiger partial charge is 0.410 e. The summed E-state index contributed by atoms with van der Waals surface area (Å²) >= 11 is 6.01. The van der Waals surface area contributed by atoms with Gasteiger partial charge in [-0.05, 0) is 93.1 Å². The van der Waals surface area contributed by atoms with Gasteiger partial charge in [0.1, 0.15) is 28.4 Å². The van der Waals surface area contributed by atoms with Crippen molar-refractivity contribution in [3.8, 4) is 17.2 Å². The summed E-state index contributed by atoms with van der Waals surface area (Å²) in [6.45, 7) is 5.52. The lowest BCUT2D eigenvalue weighted by Crippen LogP contribution is -2.47. The zero-order valence-corrected chi connectivity index (χ0v) is 23.8. The minimum absolute atomic E-state index is 0.0474. The molecule has 0 spiro atoms. The Morgan fingerprint density at radius 1 is 1.02 bits per heavy atom. The highest BCUT2D eigenvalue weighted by Crippen LogP contribution is 2.33. The molecule has 8 nitrogen and oxygen atoms in total. The number of amides is 1. The monoisotopic (exact) mass is 567 g/mol. The first kappa shape index (κ1) is 29.2. The van der Waals surface area contributed by atoms with Crippen LogP contribution in [0.3, 0.4) is 0 Å². The van der Waals surface area contributed by atoms with Crippen LogP contribution in [0.5, 0.6) is 17.2 Å². The summed E-state index contributed by atoms with van der Waals surface area (Å²) in [6.07, 6.45) is 0.628. The van der Waals surface area contributed by atoms with E-state index in [-0.39, 0.29) is 23.9 Å². The number of hydrogen-bond donors (Lipinski definition) is 2. The van der Waals surface area contributed by atoms with E-state index in [1.165, 1.54) is 19.2 Å². The number of methoxy groups -OCH3 is 1. The van der Waals surface area contributed by atoms with Gasteiger partial charge in [0.05, 0.1) is 19.8 Å². The van der Waals surface area contributed by atoms with E-state index >= 15 is 0 Å². The first-order chi connectivity index (χ1) is 18.9. The third-order valence-electron chi connectivity index (χ3n) is 6.71. The number of aliphatic hydroxyl groups excluding tert-OH is 1. The van der Waals surface area contributed by atoms with Crippen molar-refractivity contribution in [3.05, 3.63) is 87.9 Å². The molecule has 0 unspecified atom stereocenters. The number of carbonyl (C=O) groups is 2. The van der Waals surface area contributed by atoms with Crippen LogP contribution >= 0.6 is 11.6 Å². The topological polar surface area (TPSA) is 106 Å². The highest BCUT2D eigenvalue weighted by molar-refractivity contribution is 6.30. The van der Waals surface area contributed by atoms with E-state index in [1.54, 1.807) is 35.2 Å². The molecule has 3 aromatic rings. The molecule has 0 heterocycles. The van der Waals surface area contributed by atoms with Gasteiger partial charge in [-0.15, -0.1) is 0 Å². The number of rotatable bonds is 8. The van der Waals surface area contributed by atoms with Crippen molar-refractivity contribution >= 4 is 23.7 Å². The van der Waals surface area contributed by atoms with E-state index in [1.807, 2.05) is 39.0 Å². The molecule has 1 aliphatic rings. The number of carboxylic acid groups (broad SMARTS) is 1. The SMILES string of the molecule is COc1cc(Oc2ccc3c(c2)C[C@@H](N(C[C@@H](O)c2ccc(Cl)cc2)C(=O)OC(C)(C)C)CC3)ccc1C(=O)O. The Bertz CT molecular complexity index is 1370. The van der Waals surface area contributed by atoms with Gasteiger partial charge in [-0.1, -0.05) is 29.8 Å². The Morgan fingerprint density at radius 3 is 2.35 bits per heavy atom. The number of halogens is 1. The lowest BCUT2D eigenvalue weighted by molar-refractivity contribution is 0.00194. The highest BCUT2D eigenvalue weighted by Gasteiger charge is 2.33. The van der Waals surface area contributed by atoms with Crippen molar-refractivity contribution in [2.75, 3.05) is 13.7 Å². The number of nitrogens with zero attached hydrogens (tertiary/aromatic N) is 1. The molecule has 0 saturated carbocycles. The number of aliphatic hydroxyl groups is 1. The van der Waals surface area contributed by atoms with Crippen molar-refractivity contribution in [3.63, 3.8) is 0 Å². The van der Waals surface area contributed by atoms with Crippen LogP contribution in [0.25, 0.3) is 0 Å². The van der Waals surface area contributed by atoms with Gasteiger partial charge >= 0.3 is 12.1 Å². The van der Waals surface area contributed by atoms with Gasteiger partial charge in [0, 0.05) is 17.1 Å². The second-order valence-electron chi connectivity index (χ2n) is 10.8. The first-order valence-electron chi connectivity index (χ1n) is 13.1. The summed E-state index contributed by atoms with van der Waals surface area (Å²) in [7, 11) is 1.41. The maximum absolute atomic E-state index is 13.3. The molecule has 40 heavy (non-hydrogen) atoms. The molecule has 212 valence electrons. The van der Waals surface area contributed by atoms with Gasteiger partial charge in [-0.25, -0.2) is 9.59 Å². The van der Waals surface area contributed by atoms with E-state index in [0.717, 1.165) is 17.5 Å². The van der Waals surface area contributed by atoms with Crippen LogP contribution in [0, 0.1) is 0 Å². The predicted molar refractivity (Wildman–Crippen MR) is 152 cm³/mol. The summed E-state index contributed by atoms with van der Waals surface area (Å²) in [5.41, 5.74) is 2.20. The zero-order valence-electron chi connectivity index (χ0n) is 23.0. The Hall–Kier alpha value is -3.75. The second kappa shape index (κ2) is 12.2. The molecule has 0 fully saturated rings. The van der Waals surface area contributed by atoms with Crippen LogP contribution in [-0.2, 0) is 17.6 Å². The van der Waals surface area contributed by atoms with E-state index in [2.05, 4.69) is 0 Å². The number of carboxylic acids is 1. The van der Waals surface area contributed by atoms with Crippen LogP contribution in [0.4, 0.5) is 4.79 Å². The van der Waals surface area contributed by atoms with Crippen molar-refractivity contribution < 1.29 is 34.0 Å². The van der Waals surface area contributed by atoms with Gasteiger partial charge in [0.25, 0.3) is 0 Å². The summed E-state index contributed by atoms with van der Waals surface area (Å²) in [4.78, 5) is 26.4. The third kappa shape index (κ3) is 7.25. The molecule has 2 atom stereocenters. The van der Waals surface area contributed by atoms with Crippen LogP contribution in [0.1, 0.15) is 60.3 Å². The van der Waals surface area contributed by atoms with Crippen molar-refractivity contribution in [2.45, 2.75) is 57.8 Å². The van der Waals surface area contributed by atoms with E-state index in [4.69, 9.17) is 25.8 Å². The normalized spacial score (nSPS) is 15.5. The largest absolute Gasteiger partial charge is 0.496 e. The second-order valence-corrected chi connectivity index (χ2v) is 11.2. The van der Waals surface area contributed by atoms with Crippen molar-refractivity contribution in [2.24, 2.45) is 0 Å². The number of ether oxygens (including phenoxy) is 3. The number of aromatic carboxylic acids is 1. The zero-order chi connectivity index (χ0) is 29.0. The maximum Gasteiger partial charge on any atom is 0.410 e. The van der Waals surface area contributed by atoms with Crippen LogP contribution < -0.4 is 9.47 Å². The molecule has 1 aliphatic carbocycles. The van der Waals surface area contributed by atoms with Crippen LogP contribution in [-0.4, -0.2) is 52.5 Å². The van der Waals surface area contributed by atoms with E-state index < -0.39 is 23.8 Å². The summed E-state index contributed by atoms with van der Waals surface area (Å²) < 4.78 is 17.0. The minimum atomic E-state index is -1.08. The highest BCUT2D eigenvalue weighted by atomic mass is 35.5. The fourth-order valence-corrected chi connectivity index (χ4v) is 4.89. The molecule has 0 saturated heterocycles. The van der Waals surface area contributed by atoms with Crippen molar-refractivity contribution in [1.82, 2.24) is 4.90 Å². The molecule has 0 radical (unpaired) electrons. The van der Waals surface area contributed by atoms with Crippen LogP contribution in [0.15, 0.2) is 60.7 Å². The molecule has 1 amide bonds. The summed E-state index contributed by atoms with van der Waals surface area (Å²) in [6, 6.07) is 17.1. The quantitative estimate of drug-likeness (QED) is 0.313. The average molecular weight is 568 g/mol.